The molecule has 0 radical (unpaired) electrons. The number of halogens is 2. The van der Waals surface area contributed by atoms with Crippen LogP contribution in [0.2, 0.25) is 0 Å². The zero-order chi connectivity index (χ0) is 17.4. The maximum atomic E-state index is 13.5. The monoisotopic (exact) mass is 403 g/mol. The van der Waals surface area contributed by atoms with Gasteiger partial charge in [0.25, 0.3) is 0 Å². The average molecular weight is 404 g/mol. The number of aryl methyl sites for hydroxylation is 1. The SMILES string of the molecule is CC1=C(C#N)C(c2ccc(F)cc2Br)C(c2nc(C)cs2)=C(C)N1. The lowest BCUT2D eigenvalue weighted by Gasteiger charge is -2.29. The van der Waals surface area contributed by atoms with E-state index in [1.165, 1.54) is 12.1 Å². The summed E-state index contributed by atoms with van der Waals surface area (Å²) in [7, 11) is 0. The van der Waals surface area contributed by atoms with Crippen LogP contribution in [-0.2, 0) is 0 Å². The van der Waals surface area contributed by atoms with Gasteiger partial charge in [0.1, 0.15) is 10.8 Å². The van der Waals surface area contributed by atoms with Gasteiger partial charge in [-0.25, -0.2) is 9.37 Å². The van der Waals surface area contributed by atoms with Crippen LogP contribution in [0.4, 0.5) is 4.39 Å². The second-order valence-corrected chi connectivity index (χ2v) is 7.42. The molecule has 1 aliphatic heterocycles. The van der Waals surface area contributed by atoms with Gasteiger partial charge in [-0.1, -0.05) is 22.0 Å². The number of allylic oxidation sites excluding steroid dienone is 4. The Kier molecular flexibility index (Phi) is 4.57. The summed E-state index contributed by atoms with van der Waals surface area (Å²) in [6.45, 7) is 5.81. The molecule has 1 aliphatic rings. The van der Waals surface area contributed by atoms with Gasteiger partial charge in [-0.2, -0.15) is 5.26 Å². The summed E-state index contributed by atoms with van der Waals surface area (Å²) in [5.41, 5.74) is 5.15. The molecule has 1 aromatic carbocycles. The molecule has 1 atom stereocenters. The highest BCUT2D eigenvalue weighted by molar-refractivity contribution is 9.10. The Morgan fingerprint density at radius 3 is 2.62 bits per heavy atom. The van der Waals surface area contributed by atoms with Crippen LogP contribution in [0.3, 0.4) is 0 Å². The number of hydrogen-bond donors (Lipinski definition) is 1. The molecule has 1 aromatic heterocycles. The van der Waals surface area contributed by atoms with Crippen LogP contribution in [0.5, 0.6) is 0 Å². The predicted octanol–water partition coefficient (Wildman–Crippen LogP) is 5.27. The summed E-state index contributed by atoms with van der Waals surface area (Å²) < 4.78 is 14.2. The van der Waals surface area contributed by atoms with Gasteiger partial charge in [-0.3, -0.25) is 0 Å². The fraction of sp³-hybridized carbons (Fsp3) is 0.222. The fourth-order valence-corrected chi connectivity index (χ4v) is 4.46. The largest absolute Gasteiger partial charge is 0.362 e. The molecule has 0 bridgehead atoms. The normalized spacial score (nSPS) is 17.8. The van der Waals surface area contributed by atoms with Gasteiger partial charge in [0.2, 0.25) is 0 Å². The van der Waals surface area contributed by atoms with Gasteiger partial charge in [0.05, 0.1) is 17.6 Å². The van der Waals surface area contributed by atoms with E-state index in [1.807, 2.05) is 26.2 Å². The van der Waals surface area contributed by atoms with Gasteiger partial charge >= 0.3 is 0 Å². The zero-order valence-electron chi connectivity index (χ0n) is 13.4. The second kappa shape index (κ2) is 6.50. The van der Waals surface area contributed by atoms with E-state index in [2.05, 4.69) is 32.3 Å². The Morgan fingerprint density at radius 2 is 2.04 bits per heavy atom. The standard InChI is InChI=1S/C18H15BrFN3S/c1-9-8-24-18(22-9)16-11(3)23-10(2)14(7-21)17(16)13-5-4-12(20)6-15(13)19/h4-6,8,17,23H,1-3H3. The minimum Gasteiger partial charge on any atom is -0.362 e. The molecular formula is C18H15BrFN3S. The Balaban J connectivity index is 2.25. The quantitative estimate of drug-likeness (QED) is 0.742. The highest BCUT2D eigenvalue weighted by Crippen LogP contribution is 2.45. The Morgan fingerprint density at radius 1 is 1.29 bits per heavy atom. The summed E-state index contributed by atoms with van der Waals surface area (Å²) in [6, 6.07) is 6.90. The average Bonchev–Trinajstić information content (AvgIpc) is 2.93. The summed E-state index contributed by atoms with van der Waals surface area (Å²) in [5.74, 6) is -0.595. The first-order valence-electron chi connectivity index (χ1n) is 7.38. The molecule has 6 heteroatoms. The Bertz CT molecular complexity index is 921. The van der Waals surface area contributed by atoms with E-state index in [1.54, 1.807) is 17.4 Å². The van der Waals surface area contributed by atoms with E-state index in [0.717, 1.165) is 33.2 Å². The van der Waals surface area contributed by atoms with Crippen LogP contribution >= 0.6 is 27.3 Å². The number of hydrogen-bond acceptors (Lipinski definition) is 4. The van der Waals surface area contributed by atoms with Crippen molar-refractivity contribution in [3.05, 3.63) is 67.1 Å². The van der Waals surface area contributed by atoms with Crippen molar-refractivity contribution in [3.63, 3.8) is 0 Å². The molecule has 122 valence electrons. The van der Waals surface area contributed by atoms with Crippen LogP contribution in [0.1, 0.15) is 36.0 Å². The molecule has 0 aliphatic carbocycles. The van der Waals surface area contributed by atoms with E-state index < -0.39 is 0 Å². The number of aromatic nitrogens is 1. The number of nitriles is 1. The van der Waals surface area contributed by atoms with Crippen LogP contribution < -0.4 is 5.32 Å². The van der Waals surface area contributed by atoms with E-state index in [9.17, 15) is 9.65 Å². The summed E-state index contributed by atoms with van der Waals surface area (Å²) in [5, 5.41) is 15.9. The number of rotatable bonds is 2. The molecule has 0 saturated carbocycles. The number of benzene rings is 1. The molecule has 24 heavy (non-hydrogen) atoms. The number of nitrogens with zero attached hydrogens (tertiary/aromatic N) is 2. The van der Waals surface area contributed by atoms with Crippen molar-refractivity contribution < 1.29 is 4.39 Å². The van der Waals surface area contributed by atoms with E-state index in [0.29, 0.717) is 10.0 Å². The third-order valence-electron chi connectivity index (χ3n) is 4.00. The second-order valence-electron chi connectivity index (χ2n) is 5.71. The van der Waals surface area contributed by atoms with Crippen molar-refractivity contribution in [2.75, 3.05) is 0 Å². The zero-order valence-corrected chi connectivity index (χ0v) is 15.8. The van der Waals surface area contributed by atoms with Crippen molar-refractivity contribution in [1.29, 1.82) is 5.26 Å². The summed E-state index contributed by atoms with van der Waals surface area (Å²) >= 11 is 5.00. The number of thiazole rings is 1. The molecule has 2 heterocycles. The molecule has 0 spiro atoms. The number of dihydropyridines is 1. The van der Waals surface area contributed by atoms with Gasteiger partial charge in [-0.05, 0) is 38.5 Å². The molecule has 1 unspecified atom stereocenters. The third kappa shape index (κ3) is 2.90. The van der Waals surface area contributed by atoms with E-state index in [4.69, 9.17) is 0 Å². The number of nitrogens with one attached hydrogen (secondary N) is 1. The molecule has 0 fully saturated rings. The van der Waals surface area contributed by atoms with Crippen LogP contribution in [0.25, 0.3) is 5.57 Å². The molecule has 3 rings (SSSR count). The maximum Gasteiger partial charge on any atom is 0.124 e. The lowest BCUT2D eigenvalue weighted by Crippen LogP contribution is -2.23. The summed E-state index contributed by atoms with van der Waals surface area (Å²) in [6.07, 6.45) is 0. The van der Waals surface area contributed by atoms with Gasteiger partial charge in [-0.15, -0.1) is 11.3 Å². The van der Waals surface area contributed by atoms with E-state index in [-0.39, 0.29) is 11.7 Å². The predicted molar refractivity (Wildman–Crippen MR) is 97.7 cm³/mol. The summed E-state index contributed by atoms with van der Waals surface area (Å²) in [4.78, 5) is 4.60. The lowest BCUT2D eigenvalue weighted by atomic mass is 9.81. The highest BCUT2D eigenvalue weighted by Gasteiger charge is 2.32. The molecule has 3 nitrogen and oxygen atoms in total. The van der Waals surface area contributed by atoms with Crippen LogP contribution in [-0.4, -0.2) is 4.98 Å². The highest BCUT2D eigenvalue weighted by atomic mass is 79.9. The topological polar surface area (TPSA) is 48.7 Å². The molecule has 0 amide bonds. The first kappa shape index (κ1) is 16.9. The molecule has 2 aromatic rings. The first-order chi connectivity index (χ1) is 11.4. The van der Waals surface area contributed by atoms with Crippen molar-refractivity contribution in [1.82, 2.24) is 10.3 Å². The minimum atomic E-state index is -0.314. The van der Waals surface area contributed by atoms with Crippen molar-refractivity contribution in [2.24, 2.45) is 0 Å². The van der Waals surface area contributed by atoms with Crippen LogP contribution in [0.15, 0.2) is 45.0 Å². The minimum absolute atomic E-state index is 0.281. The Hall–Kier alpha value is -1.97. The molecule has 1 N–H and O–H groups in total. The van der Waals surface area contributed by atoms with Crippen molar-refractivity contribution in [3.8, 4) is 6.07 Å². The van der Waals surface area contributed by atoms with Gasteiger partial charge in [0, 0.05) is 32.5 Å². The first-order valence-corrected chi connectivity index (χ1v) is 9.05. The molecular weight excluding hydrogens is 389 g/mol. The molecule has 0 saturated heterocycles. The smallest absolute Gasteiger partial charge is 0.124 e. The third-order valence-corrected chi connectivity index (χ3v) is 5.68. The fourth-order valence-electron chi connectivity index (χ4n) is 2.95. The van der Waals surface area contributed by atoms with Gasteiger partial charge in [0.15, 0.2) is 0 Å². The van der Waals surface area contributed by atoms with Gasteiger partial charge < -0.3 is 5.32 Å². The lowest BCUT2D eigenvalue weighted by molar-refractivity contribution is 0.625. The Labute approximate surface area is 152 Å². The van der Waals surface area contributed by atoms with Crippen molar-refractivity contribution in [2.45, 2.75) is 26.7 Å². The van der Waals surface area contributed by atoms with Crippen molar-refractivity contribution >= 4 is 32.8 Å². The van der Waals surface area contributed by atoms with Crippen LogP contribution in [0, 0.1) is 24.1 Å². The van der Waals surface area contributed by atoms with E-state index >= 15 is 0 Å². The maximum absolute atomic E-state index is 13.5.